The third kappa shape index (κ3) is 4.04. The Bertz CT molecular complexity index is 451. The molecule has 21 heavy (non-hydrogen) atoms. The molecule has 2 rings (SSSR count). The number of nitrogens with one attached hydrogen (secondary N) is 1. The Morgan fingerprint density at radius 2 is 1.76 bits per heavy atom. The lowest BCUT2D eigenvalue weighted by atomic mass is 9.85. The molecule has 0 saturated heterocycles. The van der Waals surface area contributed by atoms with Crippen LogP contribution in [0.2, 0.25) is 0 Å². The molecule has 2 atom stereocenters. The van der Waals surface area contributed by atoms with Gasteiger partial charge in [0.05, 0.1) is 13.2 Å². The minimum atomic E-state index is 0. The summed E-state index contributed by atoms with van der Waals surface area (Å²) in [5.74, 6) is 2.39. The maximum Gasteiger partial charge on any atom is 0.161 e. The van der Waals surface area contributed by atoms with Crippen LogP contribution in [0.15, 0.2) is 12.1 Å². The van der Waals surface area contributed by atoms with E-state index < -0.39 is 0 Å². The van der Waals surface area contributed by atoms with Gasteiger partial charge in [-0.3, -0.25) is 0 Å². The van der Waals surface area contributed by atoms with Gasteiger partial charge >= 0.3 is 0 Å². The summed E-state index contributed by atoms with van der Waals surface area (Å²) in [6.07, 6.45) is 2.24. The van der Waals surface area contributed by atoms with E-state index in [9.17, 15) is 0 Å². The maximum atomic E-state index is 5.76. The minimum Gasteiger partial charge on any atom is -0.490 e. The van der Waals surface area contributed by atoms with E-state index >= 15 is 0 Å². The Morgan fingerprint density at radius 1 is 1.14 bits per heavy atom. The van der Waals surface area contributed by atoms with Gasteiger partial charge in [0, 0.05) is 6.04 Å². The van der Waals surface area contributed by atoms with Gasteiger partial charge in [-0.05, 0) is 56.0 Å². The first-order valence-electron chi connectivity index (χ1n) is 7.87. The van der Waals surface area contributed by atoms with Crippen LogP contribution in [-0.4, -0.2) is 19.8 Å². The first-order chi connectivity index (χ1) is 9.71. The smallest absolute Gasteiger partial charge is 0.161 e. The Hall–Kier alpha value is -0.930. The van der Waals surface area contributed by atoms with E-state index in [1.54, 1.807) is 0 Å². The molecule has 1 N–H and O–H groups in total. The van der Waals surface area contributed by atoms with Gasteiger partial charge < -0.3 is 14.8 Å². The van der Waals surface area contributed by atoms with Crippen LogP contribution in [0.1, 0.15) is 51.3 Å². The van der Waals surface area contributed by atoms with Crippen LogP contribution in [0.5, 0.6) is 11.5 Å². The van der Waals surface area contributed by atoms with E-state index in [2.05, 4.69) is 31.3 Å². The molecule has 0 saturated carbocycles. The standard InChI is InChI=1S/C17H27NO2.ClH/c1-5-12(4)17-14-11-16(20-7-3)15(19-6-2)10-13(14)8-9-18-17;/h10-12,17-18H,5-9H2,1-4H3;1H. The highest BCUT2D eigenvalue weighted by Gasteiger charge is 2.26. The molecule has 0 amide bonds. The fraction of sp³-hybridized carbons (Fsp3) is 0.647. The number of benzene rings is 1. The van der Waals surface area contributed by atoms with Crippen LogP contribution in [0.3, 0.4) is 0 Å². The van der Waals surface area contributed by atoms with Crippen molar-refractivity contribution in [3.63, 3.8) is 0 Å². The monoisotopic (exact) mass is 313 g/mol. The summed E-state index contributed by atoms with van der Waals surface area (Å²) in [6.45, 7) is 11.0. The van der Waals surface area contributed by atoms with Gasteiger partial charge in [-0.25, -0.2) is 0 Å². The molecule has 4 heteroatoms. The van der Waals surface area contributed by atoms with Gasteiger partial charge in [-0.15, -0.1) is 12.4 Å². The van der Waals surface area contributed by atoms with Crippen molar-refractivity contribution in [2.45, 2.75) is 46.6 Å². The highest BCUT2D eigenvalue weighted by Crippen LogP contribution is 2.38. The molecule has 0 spiro atoms. The van der Waals surface area contributed by atoms with Crippen LogP contribution < -0.4 is 14.8 Å². The molecular formula is C17H28ClNO2. The van der Waals surface area contributed by atoms with Crippen molar-refractivity contribution in [2.24, 2.45) is 5.92 Å². The van der Waals surface area contributed by atoms with Crippen molar-refractivity contribution in [1.82, 2.24) is 5.32 Å². The zero-order valence-electron chi connectivity index (χ0n) is 13.6. The van der Waals surface area contributed by atoms with Gasteiger partial charge in [0.1, 0.15) is 0 Å². The maximum absolute atomic E-state index is 5.76. The Morgan fingerprint density at radius 3 is 2.33 bits per heavy atom. The van der Waals surface area contributed by atoms with Gasteiger partial charge in [-0.1, -0.05) is 20.3 Å². The summed E-state index contributed by atoms with van der Waals surface area (Å²) in [5, 5.41) is 3.65. The van der Waals surface area contributed by atoms with E-state index in [1.165, 1.54) is 17.5 Å². The summed E-state index contributed by atoms with van der Waals surface area (Å²) in [7, 11) is 0. The summed E-state index contributed by atoms with van der Waals surface area (Å²) in [5.41, 5.74) is 2.79. The van der Waals surface area contributed by atoms with Crippen LogP contribution in [0, 0.1) is 5.92 Å². The van der Waals surface area contributed by atoms with Gasteiger partial charge in [0.25, 0.3) is 0 Å². The highest BCUT2D eigenvalue weighted by molar-refractivity contribution is 5.85. The van der Waals surface area contributed by atoms with Crippen molar-refractivity contribution in [1.29, 1.82) is 0 Å². The van der Waals surface area contributed by atoms with E-state index in [4.69, 9.17) is 9.47 Å². The predicted molar refractivity (Wildman–Crippen MR) is 89.9 cm³/mol. The van der Waals surface area contributed by atoms with Crippen molar-refractivity contribution in [2.75, 3.05) is 19.8 Å². The third-order valence-electron chi connectivity index (χ3n) is 4.11. The van der Waals surface area contributed by atoms with Crippen molar-refractivity contribution < 1.29 is 9.47 Å². The lowest BCUT2D eigenvalue weighted by Crippen LogP contribution is -2.33. The van der Waals surface area contributed by atoms with E-state index in [0.29, 0.717) is 25.2 Å². The second-order valence-corrected chi connectivity index (χ2v) is 5.43. The largest absolute Gasteiger partial charge is 0.490 e. The average Bonchev–Trinajstić information content (AvgIpc) is 2.47. The Labute approximate surface area is 134 Å². The molecular weight excluding hydrogens is 286 g/mol. The molecule has 2 unspecified atom stereocenters. The molecule has 1 aromatic carbocycles. The lowest BCUT2D eigenvalue weighted by Gasteiger charge is -2.32. The van der Waals surface area contributed by atoms with Crippen LogP contribution >= 0.6 is 12.4 Å². The Balaban J connectivity index is 0.00000220. The SMILES string of the molecule is CCOc1cc2c(cc1OCC)C(C(C)CC)NCC2.Cl. The number of fused-ring (bicyclic) bond motifs is 1. The van der Waals surface area contributed by atoms with Crippen molar-refractivity contribution >= 4 is 12.4 Å². The molecule has 0 radical (unpaired) electrons. The summed E-state index contributed by atoms with van der Waals surface area (Å²) < 4.78 is 11.5. The molecule has 0 aliphatic carbocycles. The molecule has 0 bridgehead atoms. The fourth-order valence-corrected chi connectivity index (χ4v) is 2.88. The molecule has 1 aliphatic heterocycles. The van der Waals surface area contributed by atoms with E-state index in [1.807, 2.05) is 13.8 Å². The number of ether oxygens (including phenoxy) is 2. The second-order valence-electron chi connectivity index (χ2n) is 5.43. The highest BCUT2D eigenvalue weighted by atomic mass is 35.5. The first-order valence-corrected chi connectivity index (χ1v) is 7.87. The number of rotatable bonds is 6. The molecule has 0 fully saturated rings. The normalized spacial score (nSPS) is 18.4. The summed E-state index contributed by atoms with van der Waals surface area (Å²) in [6, 6.07) is 4.80. The topological polar surface area (TPSA) is 30.5 Å². The summed E-state index contributed by atoms with van der Waals surface area (Å²) in [4.78, 5) is 0. The molecule has 1 aromatic rings. The number of halogens is 1. The van der Waals surface area contributed by atoms with E-state index in [-0.39, 0.29) is 12.4 Å². The third-order valence-corrected chi connectivity index (χ3v) is 4.11. The summed E-state index contributed by atoms with van der Waals surface area (Å²) >= 11 is 0. The number of hydrogen-bond acceptors (Lipinski definition) is 3. The molecule has 0 aromatic heterocycles. The Kier molecular flexibility index (Phi) is 7.33. The average molecular weight is 314 g/mol. The van der Waals surface area contributed by atoms with Crippen molar-refractivity contribution in [3.05, 3.63) is 23.3 Å². The zero-order valence-corrected chi connectivity index (χ0v) is 14.4. The molecule has 1 heterocycles. The second kappa shape index (κ2) is 8.50. The molecule has 1 aliphatic rings. The van der Waals surface area contributed by atoms with Crippen LogP contribution in [-0.2, 0) is 6.42 Å². The first kappa shape index (κ1) is 18.1. The quantitative estimate of drug-likeness (QED) is 0.856. The number of hydrogen-bond donors (Lipinski definition) is 1. The zero-order chi connectivity index (χ0) is 14.5. The molecule has 3 nitrogen and oxygen atoms in total. The van der Waals surface area contributed by atoms with Crippen LogP contribution in [0.4, 0.5) is 0 Å². The van der Waals surface area contributed by atoms with Gasteiger partial charge in [0.15, 0.2) is 11.5 Å². The van der Waals surface area contributed by atoms with E-state index in [0.717, 1.165) is 24.5 Å². The van der Waals surface area contributed by atoms with Crippen LogP contribution in [0.25, 0.3) is 0 Å². The lowest BCUT2D eigenvalue weighted by molar-refractivity contribution is 0.284. The fourth-order valence-electron chi connectivity index (χ4n) is 2.88. The van der Waals surface area contributed by atoms with Gasteiger partial charge in [0.2, 0.25) is 0 Å². The predicted octanol–water partition coefficient (Wildman–Crippen LogP) is 4.14. The molecule has 120 valence electrons. The van der Waals surface area contributed by atoms with Gasteiger partial charge in [-0.2, -0.15) is 0 Å². The van der Waals surface area contributed by atoms with Crippen molar-refractivity contribution in [3.8, 4) is 11.5 Å². The minimum absolute atomic E-state index is 0.